The maximum absolute atomic E-state index is 11.7. The fraction of sp³-hybridized carbons (Fsp3) is 0.385. The number of rotatable bonds is 4. The van der Waals surface area contributed by atoms with Gasteiger partial charge >= 0.3 is 5.97 Å². The number of benzene rings is 1. The molecule has 1 saturated carbocycles. The fourth-order valence-corrected chi connectivity index (χ4v) is 2.03. The highest BCUT2D eigenvalue weighted by atomic mass is 16.4. The summed E-state index contributed by atoms with van der Waals surface area (Å²) >= 11 is 0. The average Bonchev–Trinajstić information content (AvgIpc) is 2.27. The van der Waals surface area contributed by atoms with Gasteiger partial charge in [-0.15, -0.1) is 0 Å². The average molecular weight is 248 g/mol. The summed E-state index contributed by atoms with van der Waals surface area (Å²) in [6.45, 7) is 0. The van der Waals surface area contributed by atoms with E-state index < -0.39 is 5.97 Å². The second-order valence-corrected chi connectivity index (χ2v) is 4.82. The molecule has 0 saturated heterocycles. The number of aromatic carboxylic acids is 1. The molecule has 0 heterocycles. The van der Waals surface area contributed by atoms with Crippen LogP contribution in [0, 0.1) is 0 Å². The number of amides is 1. The molecule has 1 amide bonds. The summed E-state index contributed by atoms with van der Waals surface area (Å²) in [4.78, 5) is 22.4. The zero-order valence-corrected chi connectivity index (χ0v) is 9.98. The van der Waals surface area contributed by atoms with Crippen LogP contribution in [0.4, 0.5) is 5.69 Å². The summed E-state index contributed by atoms with van der Waals surface area (Å²) in [7, 11) is 0. The number of hydrogen-bond acceptors (Lipinski definition) is 3. The Morgan fingerprint density at radius 2 is 1.89 bits per heavy atom. The Morgan fingerprint density at radius 1 is 1.28 bits per heavy atom. The largest absolute Gasteiger partial charge is 0.478 e. The van der Waals surface area contributed by atoms with E-state index in [-0.39, 0.29) is 17.0 Å². The van der Waals surface area contributed by atoms with Crippen molar-refractivity contribution in [2.75, 3.05) is 5.32 Å². The Bertz CT molecular complexity index is 464. The van der Waals surface area contributed by atoms with Crippen molar-refractivity contribution in [3.8, 4) is 0 Å². The number of nitrogens with two attached hydrogens (primary N) is 1. The summed E-state index contributed by atoms with van der Waals surface area (Å²) in [5.41, 5.74) is 6.43. The van der Waals surface area contributed by atoms with Gasteiger partial charge in [-0.1, -0.05) is 0 Å². The fourth-order valence-electron chi connectivity index (χ4n) is 2.03. The van der Waals surface area contributed by atoms with Crippen LogP contribution in [-0.4, -0.2) is 22.5 Å². The lowest BCUT2D eigenvalue weighted by atomic mass is 9.75. The second kappa shape index (κ2) is 4.78. The van der Waals surface area contributed by atoms with Crippen LogP contribution < -0.4 is 11.1 Å². The number of hydrogen-bond donors (Lipinski definition) is 3. The highest BCUT2D eigenvalue weighted by Gasteiger charge is 2.34. The van der Waals surface area contributed by atoms with E-state index in [9.17, 15) is 9.59 Å². The predicted octanol–water partition coefficient (Wildman–Crippen LogP) is 1.59. The maximum atomic E-state index is 11.7. The molecule has 0 radical (unpaired) electrons. The topological polar surface area (TPSA) is 92.4 Å². The quantitative estimate of drug-likeness (QED) is 0.754. The SMILES string of the molecule is NC1(CC(=O)Nc2ccc(C(=O)O)cc2)CCC1. The standard InChI is InChI=1S/C13H16N2O3/c14-13(6-1-7-13)8-11(16)15-10-4-2-9(3-5-10)12(17)18/h2-5H,1,6-8,14H2,(H,15,16)(H,17,18). The third-order valence-electron chi connectivity index (χ3n) is 3.28. The lowest BCUT2D eigenvalue weighted by Gasteiger charge is -2.37. The Balaban J connectivity index is 1.92. The van der Waals surface area contributed by atoms with Crippen molar-refractivity contribution in [3.05, 3.63) is 29.8 Å². The summed E-state index contributed by atoms with van der Waals surface area (Å²) in [5, 5.41) is 11.5. The molecule has 1 aliphatic carbocycles. The van der Waals surface area contributed by atoms with Crippen molar-refractivity contribution in [2.45, 2.75) is 31.2 Å². The first-order valence-corrected chi connectivity index (χ1v) is 5.91. The van der Waals surface area contributed by atoms with Gasteiger partial charge in [0.25, 0.3) is 0 Å². The van der Waals surface area contributed by atoms with Crippen LogP contribution in [0.5, 0.6) is 0 Å². The van der Waals surface area contributed by atoms with Crippen molar-refractivity contribution < 1.29 is 14.7 Å². The first-order valence-electron chi connectivity index (χ1n) is 5.91. The number of carboxylic acid groups (broad SMARTS) is 1. The number of carbonyl (C=O) groups excluding carboxylic acids is 1. The smallest absolute Gasteiger partial charge is 0.335 e. The van der Waals surface area contributed by atoms with Crippen LogP contribution in [0.3, 0.4) is 0 Å². The number of anilines is 1. The van der Waals surface area contributed by atoms with Crippen molar-refractivity contribution in [1.29, 1.82) is 0 Å². The van der Waals surface area contributed by atoms with Crippen LogP contribution in [0.15, 0.2) is 24.3 Å². The predicted molar refractivity (Wildman–Crippen MR) is 67.4 cm³/mol. The second-order valence-electron chi connectivity index (χ2n) is 4.82. The van der Waals surface area contributed by atoms with Gasteiger partial charge in [0.1, 0.15) is 0 Å². The molecule has 5 nitrogen and oxygen atoms in total. The van der Waals surface area contributed by atoms with Crippen molar-refractivity contribution >= 4 is 17.6 Å². The molecule has 0 spiro atoms. The summed E-state index contributed by atoms with van der Waals surface area (Å²) in [6, 6.07) is 6.07. The molecule has 96 valence electrons. The van der Waals surface area contributed by atoms with E-state index in [2.05, 4.69) is 5.32 Å². The van der Waals surface area contributed by atoms with E-state index in [0.717, 1.165) is 19.3 Å². The van der Waals surface area contributed by atoms with E-state index in [4.69, 9.17) is 10.8 Å². The molecule has 0 aromatic heterocycles. The van der Waals surface area contributed by atoms with Gasteiger partial charge in [0.15, 0.2) is 0 Å². The summed E-state index contributed by atoms with van der Waals surface area (Å²) in [5.74, 6) is -1.11. The molecule has 1 aliphatic rings. The summed E-state index contributed by atoms with van der Waals surface area (Å²) in [6.07, 6.45) is 3.17. The highest BCUT2D eigenvalue weighted by molar-refractivity contribution is 5.93. The van der Waals surface area contributed by atoms with Crippen LogP contribution in [0.2, 0.25) is 0 Å². The van der Waals surface area contributed by atoms with E-state index >= 15 is 0 Å². The third kappa shape index (κ3) is 2.87. The summed E-state index contributed by atoms with van der Waals surface area (Å²) < 4.78 is 0. The van der Waals surface area contributed by atoms with Crippen molar-refractivity contribution in [1.82, 2.24) is 0 Å². The molecule has 1 aromatic carbocycles. The van der Waals surface area contributed by atoms with E-state index in [1.807, 2.05) is 0 Å². The van der Waals surface area contributed by atoms with Gasteiger partial charge < -0.3 is 16.2 Å². The molecule has 18 heavy (non-hydrogen) atoms. The normalized spacial score (nSPS) is 16.7. The molecule has 0 atom stereocenters. The Kier molecular flexibility index (Phi) is 3.34. The van der Waals surface area contributed by atoms with E-state index in [0.29, 0.717) is 12.1 Å². The van der Waals surface area contributed by atoms with Crippen LogP contribution in [-0.2, 0) is 4.79 Å². The Labute approximate surface area is 105 Å². The molecule has 0 bridgehead atoms. The maximum Gasteiger partial charge on any atom is 0.335 e. The minimum atomic E-state index is -0.983. The number of carboxylic acids is 1. The van der Waals surface area contributed by atoms with E-state index in [1.54, 1.807) is 12.1 Å². The monoisotopic (exact) mass is 248 g/mol. The molecule has 4 N–H and O–H groups in total. The van der Waals surface area contributed by atoms with E-state index in [1.165, 1.54) is 12.1 Å². The van der Waals surface area contributed by atoms with Gasteiger partial charge in [0.2, 0.25) is 5.91 Å². The van der Waals surface area contributed by atoms with Crippen molar-refractivity contribution in [2.24, 2.45) is 5.73 Å². The van der Waals surface area contributed by atoms with Crippen LogP contribution in [0.25, 0.3) is 0 Å². The lowest BCUT2D eigenvalue weighted by Crippen LogP contribution is -2.48. The minimum Gasteiger partial charge on any atom is -0.478 e. The molecule has 1 fully saturated rings. The molecule has 0 aliphatic heterocycles. The van der Waals surface area contributed by atoms with Gasteiger partial charge in [0, 0.05) is 17.6 Å². The first kappa shape index (κ1) is 12.6. The zero-order chi connectivity index (χ0) is 13.2. The van der Waals surface area contributed by atoms with Crippen LogP contribution >= 0.6 is 0 Å². The van der Waals surface area contributed by atoms with Gasteiger partial charge in [0.05, 0.1) is 5.56 Å². The van der Waals surface area contributed by atoms with Gasteiger partial charge in [-0.2, -0.15) is 0 Å². The van der Waals surface area contributed by atoms with Crippen LogP contribution in [0.1, 0.15) is 36.0 Å². The molecular formula is C13H16N2O3. The first-order chi connectivity index (χ1) is 8.48. The lowest BCUT2D eigenvalue weighted by molar-refractivity contribution is -0.118. The highest BCUT2D eigenvalue weighted by Crippen LogP contribution is 2.32. The van der Waals surface area contributed by atoms with Gasteiger partial charge in [-0.3, -0.25) is 4.79 Å². The van der Waals surface area contributed by atoms with Crippen molar-refractivity contribution in [3.63, 3.8) is 0 Å². The number of carbonyl (C=O) groups is 2. The molecule has 5 heteroatoms. The molecule has 0 unspecified atom stereocenters. The Hall–Kier alpha value is -1.88. The zero-order valence-electron chi connectivity index (χ0n) is 9.98. The van der Waals surface area contributed by atoms with Gasteiger partial charge in [-0.25, -0.2) is 4.79 Å². The third-order valence-corrected chi connectivity index (χ3v) is 3.28. The van der Waals surface area contributed by atoms with Gasteiger partial charge in [-0.05, 0) is 43.5 Å². The Morgan fingerprint density at radius 3 is 2.33 bits per heavy atom. The number of nitrogens with one attached hydrogen (secondary N) is 1. The molecule has 2 rings (SSSR count). The molecule has 1 aromatic rings. The molecular weight excluding hydrogens is 232 g/mol. The minimum absolute atomic E-state index is 0.125.